The molecule has 1 aromatic rings. The quantitative estimate of drug-likeness (QED) is 0.406. The fraction of sp³-hybridized carbons (Fsp3) is 0.429. The lowest BCUT2D eigenvalue weighted by atomic mass is 10.2. The van der Waals surface area contributed by atoms with E-state index in [1.807, 2.05) is 30.3 Å². The van der Waals surface area contributed by atoms with Crippen LogP contribution in [-0.2, 0) is 0 Å². The molecule has 0 radical (unpaired) electrons. The molecule has 1 rings (SSSR count). The Morgan fingerprint density at radius 2 is 1.79 bits per heavy atom. The Kier molecular flexibility index (Phi) is 9.27. The number of para-hydroxylation sites is 1. The van der Waals surface area contributed by atoms with Crippen LogP contribution in [0.4, 0.5) is 5.69 Å². The zero-order valence-corrected chi connectivity index (χ0v) is 12.7. The van der Waals surface area contributed by atoms with Crippen molar-refractivity contribution >= 4 is 39.9 Å². The number of unbranched alkanes of at least 4 members (excludes halogenated alkanes) is 3. The predicted octanol–water partition coefficient (Wildman–Crippen LogP) is 4.27. The molecule has 0 saturated heterocycles. The van der Waals surface area contributed by atoms with E-state index in [0.717, 1.165) is 17.2 Å². The van der Waals surface area contributed by atoms with Gasteiger partial charge in [0.05, 0.1) is 11.2 Å². The van der Waals surface area contributed by atoms with Crippen molar-refractivity contribution in [2.45, 2.75) is 25.7 Å². The second kappa shape index (κ2) is 10.9. The monoisotopic (exact) mass is 295 g/mol. The molecule has 0 aliphatic carbocycles. The van der Waals surface area contributed by atoms with Crippen LogP contribution in [0.25, 0.3) is 0 Å². The van der Waals surface area contributed by atoms with Gasteiger partial charge in [-0.3, -0.25) is 0 Å². The predicted molar refractivity (Wildman–Crippen MR) is 89.9 cm³/mol. The number of benzene rings is 1. The summed E-state index contributed by atoms with van der Waals surface area (Å²) in [6.07, 6.45) is 4.82. The van der Waals surface area contributed by atoms with Crippen molar-refractivity contribution in [3.63, 3.8) is 0 Å². The summed E-state index contributed by atoms with van der Waals surface area (Å²) in [6, 6.07) is 9.80. The molecule has 0 amide bonds. The topological polar surface area (TPSA) is 62.2 Å². The molecular formula is C14H21N3S2. The standard InChI is InChI=1S/C14H21N3S2/c15-12-18-10-6-1-2-7-11-19-14(16)17-13-8-4-3-5-9-13/h3-5,8-9,12,15H,1-2,6-7,10-11H2,(H2,16,17). The molecule has 19 heavy (non-hydrogen) atoms. The third kappa shape index (κ3) is 8.72. The van der Waals surface area contributed by atoms with Gasteiger partial charge in [-0.1, -0.05) is 42.8 Å². The van der Waals surface area contributed by atoms with Gasteiger partial charge in [-0.25, -0.2) is 4.99 Å². The van der Waals surface area contributed by atoms with E-state index in [2.05, 4.69) is 4.99 Å². The Morgan fingerprint density at radius 1 is 1.11 bits per heavy atom. The highest BCUT2D eigenvalue weighted by Gasteiger charge is 1.96. The highest BCUT2D eigenvalue weighted by molar-refractivity contribution is 8.13. The lowest BCUT2D eigenvalue weighted by Crippen LogP contribution is -2.06. The van der Waals surface area contributed by atoms with E-state index in [9.17, 15) is 0 Å². The first-order valence-corrected chi connectivity index (χ1v) is 8.49. The third-order valence-electron chi connectivity index (χ3n) is 2.49. The summed E-state index contributed by atoms with van der Waals surface area (Å²) in [5.41, 5.74) is 8.20. The maximum Gasteiger partial charge on any atom is 0.159 e. The van der Waals surface area contributed by atoms with Crippen molar-refractivity contribution in [3.8, 4) is 0 Å². The molecule has 0 unspecified atom stereocenters. The largest absolute Gasteiger partial charge is 0.378 e. The summed E-state index contributed by atoms with van der Waals surface area (Å²) >= 11 is 3.20. The van der Waals surface area contributed by atoms with E-state index in [0.29, 0.717) is 5.17 Å². The summed E-state index contributed by atoms with van der Waals surface area (Å²) in [7, 11) is 0. The number of nitrogens with two attached hydrogens (primary N) is 1. The molecule has 0 atom stereocenters. The Hall–Kier alpha value is -0.940. The molecule has 0 heterocycles. The minimum absolute atomic E-state index is 0.644. The second-order valence-electron chi connectivity index (χ2n) is 4.04. The molecule has 0 aliphatic rings. The number of hydrogen-bond donors (Lipinski definition) is 2. The van der Waals surface area contributed by atoms with Gasteiger partial charge in [0, 0.05) is 5.75 Å². The van der Waals surface area contributed by atoms with Gasteiger partial charge in [-0.05, 0) is 30.7 Å². The number of nitrogens with zero attached hydrogens (tertiary/aromatic N) is 1. The molecule has 3 N–H and O–H groups in total. The van der Waals surface area contributed by atoms with Crippen LogP contribution >= 0.6 is 23.5 Å². The average molecular weight is 295 g/mol. The summed E-state index contributed by atoms with van der Waals surface area (Å²) in [6.45, 7) is 0. The number of hydrogen-bond acceptors (Lipinski definition) is 4. The molecule has 1 aromatic carbocycles. The van der Waals surface area contributed by atoms with Crippen molar-refractivity contribution in [2.24, 2.45) is 10.7 Å². The maximum atomic E-state index is 6.90. The molecule has 0 fully saturated rings. The average Bonchev–Trinajstić information content (AvgIpc) is 2.43. The van der Waals surface area contributed by atoms with Gasteiger partial charge < -0.3 is 11.1 Å². The van der Waals surface area contributed by atoms with Crippen LogP contribution in [0.1, 0.15) is 25.7 Å². The van der Waals surface area contributed by atoms with Gasteiger partial charge in [0.1, 0.15) is 0 Å². The lowest BCUT2D eigenvalue weighted by Gasteiger charge is -2.01. The van der Waals surface area contributed by atoms with Crippen LogP contribution in [0.2, 0.25) is 0 Å². The van der Waals surface area contributed by atoms with E-state index >= 15 is 0 Å². The normalized spacial score (nSPS) is 11.5. The number of amidine groups is 1. The van der Waals surface area contributed by atoms with Crippen LogP contribution in [0.15, 0.2) is 35.3 Å². The zero-order chi connectivity index (χ0) is 13.8. The minimum atomic E-state index is 0.644. The van der Waals surface area contributed by atoms with Crippen LogP contribution in [0, 0.1) is 5.41 Å². The molecule has 104 valence electrons. The SMILES string of the molecule is N=CSCCCCCCSC(N)=Nc1ccccc1. The highest BCUT2D eigenvalue weighted by atomic mass is 32.2. The number of thioether (sulfide) groups is 2. The van der Waals surface area contributed by atoms with Crippen LogP contribution in [-0.4, -0.2) is 22.2 Å². The Balaban J connectivity index is 2.06. The zero-order valence-electron chi connectivity index (χ0n) is 11.0. The molecule has 0 aliphatic heterocycles. The van der Waals surface area contributed by atoms with Gasteiger partial charge in [0.25, 0.3) is 0 Å². The van der Waals surface area contributed by atoms with Crippen molar-refractivity contribution in [2.75, 3.05) is 11.5 Å². The van der Waals surface area contributed by atoms with Crippen molar-refractivity contribution in [1.29, 1.82) is 5.41 Å². The molecular weight excluding hydrogens is 274 g/mol. The number of nitrogens with one attached hydrogen (secondary N) is 1. The van der Waals surface area contributed by atoms with Crippen LogP contribution < -0.4 is 5.73 Å². The minimum Gasteiger partial charge on any atom is -0.378 e. The molecule has 0 bridgehead atoms. The van der Waals surface area contributed by atoms with Crippen molar-refractivity contribution in [3.05, 3.63) is 30.3 Å². The number of rotatable bonds is 9. The van der Waals surface area contributed by atoms with E-state index < -0.39 is 0 Å². The summed E-state index contributed by atoms with van der Waals surface area (Å²) in [5.74, 6) is 2.09. The number of aliphatic imine (C=N–C) groups is 1. The van der Waals surface area contributed by atoms with E-state index in [1.165, 1.54) is 31.2 Å². The van der Waals surface area contributed by atoms with Gasteiger partial charge in [-0.15, -0.1) is 11.8 Å². The molecule has 0 aromatic heterocycles. The lowest BCUT2D eigenvalue weighted by molar-refractivity contribution is 0.712. The van der Waals surface area contributed by atoms with Crippen LogP contribution in [0.3, 0.4) is 0 Å². The van der Waals surface area contributed by atoms with Crippen molar-refractivity contribution < 1.29 is 0 Å². The van der Waals surface area contributed by atoms with E-state index in [-0.39, 0.29) is 0 Å². The first-order valence-electron chi connectivity index (χ1n) is 6.45. The highest BCUT2D eigenvalue weighted by Crippen LogP contribution is 2.14. The summed E-state index contributed by atoms with van der Waals surface area (Å²) < 4.78 is 0. The second-order valence-corrected chi connectivity index (χ2v) is 6.13. The summed E-state index contributed by atoms with van der Waals surface area (Å²) in [5, 5.41) is 7.54. The van der Waals surface area contributed by atoms with Gasteiger partial charge in [-0.2, -0.15) is 0 Å². The van der Waals surface area contributed by atoms with E-state index in [1.54, 1.807) is 23.5 Å². The first-order chi connectivity index (χ1) is 9.33. The van der Waals surface area contributed by atoms with Crippen LogP contribution in [0.5, 0.6) is 0 Å². The molecule has 3 nitrogen and oxygen atoms in total. The maximum absolute atomic E-state index is 6.90. The molecule has 5 heteroatoms. The third-order valence-corrected chi connectivity index (χ3v) is 4.06. The Morgan fingerprint density at radius 3 is 2.47 bits per heavy atom. The van der Waals surface area contributed by atoms with E-state index in [4.69, 9.17) is 11.1 Å². The fourth-order valence-electron chi connectivity index (χ4n) is 1.54. The van der Waals surface area contributed by atoms with Gasteiger partial charge in [0.2, 0.25) is 0 Å². The Bertz CT molecular complexity index is 380. The van der Waals surface area contributed by atoms with Gasteiger partial charge in [0.15, 0.2) is 5.17 Å². The van der Waals surface area contributed by atoms with Crippen molar-refractivity contribution in [1.82, 2.24) is 0 Å². The fourth-order valence-corrected chi connectivity index (χ4v) is 2.75. The Labute approximate surface area is 124 Å². The first kappa shape index (κ1) is 16.1. The summed E-state index contributed by atoms with van der Waals surface area (Å²) in [4.78, 5) is 4.35. The van der Waals surface area contributed by atoms with Gasteiger partial charge >= 0.3 is 0 Å². The molecule has 0 spiro atoms. The molecule has 0 saturated carbocycles. The smallest absolute Gasteiger partial charge is 0.159 e.